The van der Waals surface area contributed by atoms with Crippen LogP contribution in [-0.4, -0.2) is 6.54 Å². The molecule has 2 rings (SSSR count). The summed E-state index contributed by atoms with van der Waals surface area (Å²) < 4.78 is 2.14. The predicted molar refractivity (Wildman–Crippen MR) is 83.7 cm³/mol. The third kappa shape index (κ3) is 3.57. The molecule has 0 aromatic heterocycles. The van der Waals surface area contributed by atoms with Gasteiger partial charge in [0.1, 0.15) is 0 Å². The molecule has 2 aromatic carbocycles. The third-order valence-corrected chi connectivity index (χ3v) is 3.69. The minimum atomic E-state index is 0.115. The summed E-state index contributed by atoms with van der Waals surface area (Å²) in [6.07, 6.45) is 0. The second kappa shape index (κ2) is 6.36. The van der Waals surface area contributed by atoms with E-state index in [1.165, 1.54) is 5.56 Å². The van der Waals surface area contributed by atoms with Crippen molar-refractivity contribution in [3.63, 3.8) is 0 Å². The molecule has 0 aliphatic carbocycles. The van der Waals surface area contributed by atoms with Gasteiger partial charge in [0.15, 0.2) is 0 Å². The molecule has 0 saturated carbocycles. The van der Waals surface area contributed by atoms with E-state index in [1.54, 1.807) is 0 Å². The average Bonchev–Trinajstić information content (AvgIpc) is 2.38. The molecule has 1 atom stereocenters. The molecule has 3 N–H and O–H groups in total. The molecule has 0 amide bonds. The Bertz CT molecular complexity index is 511. The number of nitrogens with two attached hydrogens (primary N) is 1. The van der Waals surface area contributed by atoms with Crippen LogP contribution in [0.1, 0.15) is 11.6 Å². The van der Waals surface area contributed by atoms with Gasteiger partial charge < -0.3 is 11.1 Å². The zero-order valence-corrected chi connectivity index (χ0v) is 12.9. The topological polar surface area (TPSA) is 38.0 Å². The summed E-state index contributed by atoms with van der Waals surface area (Å²) in [7, 11) is 0. The summed E-state index contributed by atoms with van der Waals surface area (Å²) in [6, 6.07) is 16.4. The van der Waals surface area contributed by atoms with Crippen LogP contribution in [0.5, 0.6) is 0 Å². The van der Waals surface area contributed by atoms with Crippen molar-refractivity contribution in [2.75, 3.05) is 11.9 Å². The Morgan fingerprint density at radius 3 is 2.33 bits per heavy atom. The molecule has 18 heavy (non-hydrogen) atoms. The Balaban J connectivity index is 2.17. The Morgan fingerprint density at radius 1 is 1.00 bits per heavy atom. The van der Waals surface area contributed by atoms with Gasteiger partial charge in [-0.25, -0.2) is 0 Å². The third-order valence-electron chi connectivity index (χ3n) is 2.67. The maximum Gasteiger partial charge on any atom is 0.0636 e. The standard InChI is InChI=1S/C14H14Br2N2/c15-11-4-6-13(7-5-11)18-14(9-17)10-2-1-3-12(16)8-10/h1-8,14,18H,9,17H2. The zero-order chi connectivity index (χ0) is 13.0. The van der Waals surface area contributed by atoms with Crippen LogP contribution in [0.4, 0.5) is 5.69 Å². The smallest absolute Gasteiger partial charge is 0.0636 e. The molecule has 0 spiro atoms. The molecular formula is C14H14Br2N2. The highest BCUT2D eigenvalue weighted by Crippen LogP contribution is 2.22. The molecule has 2 aromatic rings. The van der Waals surface area contributed by atoms with Crippen molar-refractivity contribution in [3.8, 4) is 0 Å². The summed E-state index contributed by atoms with van der Waals surface area (Å²) in [5, 5.41) is 3.43. The number of hydrogen-bond donors (Lipinski definition) is 2. The number of nitrogens with one attached hydrogen (secondary N) is 1. The van der Waals surface area contributed by atoms with Gasteiger partial charge in [-0.05, 0) is 42.0 Å². The van der Waals surface area contributed by atoms with Crippen molar-refractivity contribution >= 4 is 37.5 Å². The van der Waals surface area contributed by atoms with Gasteiger partial charge in [-0.2, -0.15) is 0 Å². The normalized spacial score (nSPS) is 12.2. The first-order chi connectivity index (χ1) is 8.69. The molecule has 0 heterocycles. The lowest BCUT2D eigenvalue weighted by molar-refractivity contribution is 0.789. The van der Waals surface area contributed by atoms with Gasteiger partial charge in [-0.1, -0.05) is 44.0 Å². The predicted octanol–water partition coefficient (Wildman–Crippen LogP) is 4.32. The van der Waals surface area contributed by atoms with E-state index in [9.17, 15) is 0 Å². The molecule has 4 heteroatoms. The molecule has 0 bridgehead atoms. The lowest BCUT2D eigenvalue weighted by atomic mass is 10.1. The fourth-order valence-corrected chi connectivity index (χ4v) is 2.43. The van der Waals surface area contributed by atoms with Crippen LogP contribution in [0.15, 0.2) is 57.5 Å². The van der Waals surface area contributed by atoms with E-state index >= 15 is 0 Å². The van der Waals surface area contributed by atoms with Crippen molar-refractivity contribution in [1.82, 2.24) is 0 Å². The molecule has 0 saturated heterocycles. The molecular weight excluding hydrogens is 356 g/mol. The van der Waals surface area contributed by atoms with Crippen molar-refractivity contribution < 1.29 is 0 Å². The van der Waals surface area contributed by atoms with Crippen molar-refractivity contribution in [3.05, 3.63) is 63.0 Å². The highest BCUT2D eigenvalue weighted by molar-refractivity contribution is 9.10. The van der Waals surface area contributed by atoms with E-state index in [4.69, 9.17) is 5.73 Å². The second-order valence-electron chi connectivity index (χ2n) is 3.99. The van der Waals surface area contributed by atoms with E-state index in [0.29, 0.717) is 6.54 Å². The lowest BCUT2D eigenvalue weighted by Crippen LogP contribution is -2.20. The van der Waals surface area contributed by atoms with Crippen LogP contribution in [0.3, 0.4) is 0 Å². The Hall–Kier alpha value is -0.840. The number of anilines is 1. The number of hydrogen-bond acceptors (Lipinski definition) is 2. The quantitative estimate of drug-likeness (QED) is 0.841. The maximum atomic E-state index is 5.85. The van der Waals surface area contributed by atoms with Crippen molar-refractivity contribution in [2.24, 2.45) is 5.73 Å². The molecule has 0 fully saturated rings. The van der Waals surface area contributed by atoms with E-state index in [2.05, 4.69) is 49.3 Å². The summed E-state index contributed by atoms with van der Waals surface area (Å²) in [6.45, 7) is 0.548. The van der Waals surface area contributed by atoms with Gasteiger partial charge >= 0.3 is 0 Å². The number of benzene rings is 2. The zero-order valence-electron chi connectivity index (χ0n) is 9.74. The van der Waals surface area contributed by atoms with Crippen molar-refractivity contribution in [2.45, 2.75) is 6.04 Å². The van der Waals surface area contributed by atoms with Crippen LogP contribution in [0.25, 0.3) is 0 Å². The van der Waals surface area contributed by atoms with Gasteiger partial charge in [-0.15, -0.1) is 0 Å². The van der Waals surface area contributed by atoms with Crippen LogP contribution in [-0.2, 0) is 0 Å². The first-order valence-corrected chi connectivity index (χ1v) is 7.25. The van der Waals surface area contributed by atoms with Crippen molar-refractivity contribution in [1.29, 1.82) is 0 Å². The highest BCUT2D eigenvalue weighted by atomic mass is 79.9. The first kappa shape index (κ1) is 13.6. The van der Waals surface area contributed by atoms with Gasteiger partial charge in [0.25, 0.3) is 0 Å². The monoisotopic (exact) mass is 368 g/mol. The van der Waals surface area contributed by atoms with E-state index in [1.807, 2.05) is 36.4 Å². The highest BCUT2D eigenvalue weighted by Gasteiger charge is 2.09. The molecule has 2 nitrogen and oxygen atoms in total. The van der Waals surface area contributed by atoms with E-state index in [-0.39, 0.29) is 6.04 Å². The lowest BCUT2D eigenvalue weighted by Gasteiger charge is -2.19. The summed E-state index contributed by atoms with van der Waals surface area (Å²) in [4.78, 5) is 0. The Kier molecular flexibility index (Phi) is 4.80. The van der Waals surface area contributed by atoms with Crippen LogP contribution in [0, 0.1) is 0 Å². The summed E-state index contributed by atoms with van der Waals surface area (Å²) in [5.41, 5.74) is 8.08. The molecule has 1 unspecified atom stereocenters. The number of halogens is 2. The maximum absolute atomic E-state index is 5.85. The van der Waals surface area contributed by atoms with Crippen LogP contribution in [0.2, 0.25) is 0 Å². The fraction of sp³-hybridized carbons (Fsp3) is 0.143. The largest absolute Gasteiger partial charge is 0.377 e. The van der Waals surface area contributed by atoms with Crippen LogP contribution < -0.4 is 11.1 Å². The van der Waals surface area contributed by atoms with Gasteiger partial charge in [0.2, 0.25) is 0 Å². The minimum absolute atomic E-state index is 0.115. The Labute approximate surface area is 124 Å². The van der Waals surface area contributed by atoms with E-state index in [0.717, 1.165) is 14.6 Å². The number of rotatable bonds is 4. The SMILES string of the molecule is NCC(Nc1ccc(Br)cc1)c1cccc(Br)c1. The second-order valence-corrected chi connectivity index (χ2v) is 5.83. The average molecular weight is 370 g/mol. The first-order valence-electron chi connectivity index (χ1n) is 5.66. The molecule has 94 valence electrons. The van der Waals surface area contributed by atoms with E-state index < -0.39 is 0 Å². The Morgan fingerprint density at radius 2 is 1.72 bits per heavy atom. The van der Waals surface area contributed by atoms with Gasteiger partial charge in [0, 0.05) is 21.2 Å². The van der Waals surface area contributed by atoms with Gasteiger partial charge in [0.05, 0.1) is 6.04 Å². The van der Waals surface area contributed by atoms with Crippen LogP contribution >= 0.6 is 31.9 Å². The summed E-state index contributed by atoms with van der Waals surface area (Å²) in [5.74, 6) is 0. The molecule has 0 radical (unpaired) electrons. The minimum Gasteiger partial charge on any atom is -0.377 e. The molecule has 0 aliphatic rings. The fourth-order valence-electron chi connectivity index (χ4n) is 1.75. The molecule has 0 aliphatic heterocycles. The summed E-state index contributed by atoms with van der Waals surface area (Å²) >= 11 is 6.90. The van der Waals surface area contributed by atoms with Gasteiger partial charge in [-0.3, -0.25) is 0 Å².